The molecule has 0 amide bonds. The predicted octanol–water partition coefficient (Wildman–Crippen LogP) is 4.43. The molecular formula is C16H13FOS. The van der Waals surface area contributed by atoms with Crippen molar-refractivity contribution in [1.29, 1.82) is 0 Å². The van der Waals surface area contributed by atoms with Gasteiger partial charge in [0.05, 0.1) is 0 Å². The van der Waals surface area contributed by atoms with E-state index >= 15 is 0 Å². The lowest BCUT2D eigenvalue weighted by atomic mass is 9.99. The van der Waals surface area contributed by atoms with E-state index in [-0.39, 0.29) is 5.82 Å². The third kappa shape index (κ3) is 2.27. The predicted molar refractivity (Wildman–Crippen MR) is 77.0 cm³/mol. The molecular weight excluding hydrogens is 259 g/mol. The Hall–Kier alpha value is -1.71. The van der Waals surface area contributed by atoms with E-state index in [4.69, 9.17) is 0 Å². The number of halogens is 1. The van der Waals surface area contributed by atoms with E-state index in [2.05, 4.69) is 0 Å². The highest BCUT2D eigenvalue weighted by molar-refractivity contribution is 7.17. The Balaban J connectivity index is 2.10. The van der Waals surface area contributed by atoms with Crippen LogP contribution < -0.4 is 0 Å². The van der Waals surface area contributed by atoms with E-state index in [9.17, 15) is 9.50 Å². The minimum atomic E-state index is -0.787. The van der Waals surface area contributed by atoms with Crippen molar-refractivity contribution in [3.8, 4) is 0 Å². The molecule has 1 unspecified atom stereocenters. The van der Waals surface area contributed by atoms with Gasteiger partial charge in [-0.05, 0) is 47.0 Å². The summed E-state index contributed by atoms with van der Waals surface area (Å²) >= 11 is 1.59. The smallest absolute Gasteiger partial charge is 0.123 e. The standard InChI is InChI=1S/C16H13FOS/c1-10-6-11(8-12(17)7-10)16(18)14-9-19-15-5-3-2-4-13(14)15/h2-9,16,18H,1H3. The Bertz CT molecular complexity index is 712. The molecule has 96 valence electrons. The topological polar surface area (TPSA) is 20.2 Å². The molecule has 3 rings (SSSR count). The van der Waals surface area contributed by atoms with Gasteiger partial charge in [-0.25, -0.2) is 4.39 Å². The van der Waals surface area contributed by atoms with Gasteiger partial charge in [0, 0.05) is 10.3 Å². The zero-order valence-corrected chi connectivity index (χ0v) is 11.2. The van der Waals surface area contributed by atoms with E-state index < -0.39 is 6.10 Å². The summed E-state index contributed by atoms with van der Waals surface area (Å²) in [5.41, 5.74) is 2.25. The maximum atomic E-state index is 13.4. The van der Waals surface area contributed by atoms with Crippen LogP contribution in [0.2, 0.25) is 0 Å². The zero-order chi connectivity index (χ0) is 13.4. The fourth-order valence-electron chi connectivity index (χ4n) is 2.31. The zero-order valence-electron chi connectivity index (χ0n) is 10.4. The van der Waals surface area contributed by atoms with E-state index in [1.54, 1.807) is 11.3 Å². The Morgan fingerprint density at radius 2 is 1.95 bits per heavy atom. The molecule has 0 fully saturated rings. The van der Waals surface area contributed by atoms with E-state index in [1.807, 2.05) is 42.6 Å². The van der Waals surface area contributed by atoms with Gasteiger partial charge in [0.2, 0.25) is 0 Å². The van der Waals surface area contributed by atoms with E-state index in [0.29, 0.717) is 5.56 Å². The van der Waals surface area contributed by atoms with Gasteiger partial charge in [0.25, 0.3) is 0 Å². The monoisotopic (exact) mass is 272 g/mol. The van der Waals surface area contributed by atoms with Crippen molar-refractivity contribution in [1.82, 2.24) is 0 Å². The Morgan fingerprint density at radius 3 is 2.74 bits per heavy atom. The summed E-state index contributed by atoms with van der Waals surface area (Å²) in [5, 5.41) is 13.4. The fraction of sp³-hybridized carbons (Fsp3) is 0.125. The van der Waals surface area contributed by atoms with Crippen molar-refractivity contribution < 1.29 is 9.50 Å². The molecule has 1 atom stereocenters. The van der Waals surface area contributed by atoms with Crippen LogP contribution in [0.3, 0.4) is 0 Å². The molecule has 2 aromatic carbocycles. The highest BCUT2D eigenvalue weighted by atomic mass is 32.1. The molecule has 3 aromatic rings. The van der Waals surface area contributed by atoms with Gasteiger partial charge in [-0.15, -0.1) is 11.3 Å². The van der Waals surface area contributed by atoms with Gasteiger partial charge in [0.15, 0.2) is 0 Å². The van der Waals surface area contributed by atoms with Crippen LogP contribution in [0.4, 0.5) is 4.39 Å². The summed E-state index contributed by atoms with van der Waals surface area (Å²) < 4.78 is 14.6. The first kappa shape index (κ1) is 12.3. The normalized spacial score (nSPS) is 12.8. The van der Waals surface area contributed by atoms with Crippen LogP contribution in [0, 0.1) is 12.7 Å². The average molecular weight is 272 g/mol. The van der Waals surface area contributed by atoms with Gasteiger partial charge in [0.1, 0.15) is 11.9 Å². The number of aliphatic hydroxyl groups is 1. The first-order valence-corrected chi connectivity index (χ1v) is 6.94. The average Bonchev–Trinajstić information content (AvgIpc) is 2.80. The van der Waals surface area contributed by atoms with Crippen LogP contribution >= 0.6 is 11.3 Å². The lowest BCUT2D eigenvalue weighted by Gasteiger charge is -2.11. The second kappa shape index (κ2) is 4.76. The minimum absolute atomic E-state index is 0.311. The molecule has 0 aliphatic heterocycles. The number of fused-ring (bicyclic) bond motifs is 1. The molecule has 19 heavy (non-hydrogen) atoms. The van der Waals surface area contributed by atoms with Crippen LogP contribution in [0.25, 0.3) is 10.1 Å². The van der Waals surface area contributed by atoms with Crippen LogP contribution in [-0.2, 0) is 0 Å². The van der Waals surface area contributed by atoms with Crippen molar-refractivity contribution in [3.05, 3.63) is 70.4 Å². The molecule has 0 saturated heterocycles. The molecule has 0 aliphatic carbocycles. The second-order valence-electron chi connectivity index (χ2n) is 4.65. The Morgan fingerprint density at radius 1 is 1.16 bits per heavy atom. The van der Waals surface area contributed by atoms with Gasteiger partial charge < -0.3 is 5.11 Å². The first-order chi connectivity index (χ1) is 9.15. The maximum absolute atomic E-state index is 13.4. The number of rotatable bonds is 2. The summed E-state index contributed by atoms with van der Waals surface area (Å²) in [6, 6.07) is 12.6. The number of benzene rings is 2. The second-order valence-corrected chi connectivity index (χ2v) is 5.56. The summed E-state index contributed by atoms with van der Waals surface area (Å²) in [6.45, 7) is 1.82. The van der Waals surface area contributed by atoms with Gasteiger partial charge in [-0.2, -0.15) is 0 Å². The van der Waals surface area contributed by atoms with Crippen LogP contribution in [0.1, 0.15) is 22.8 Å². The third-order valence-electron chi connectivity index (χ3n) is 3.19. The maximum Gasteiger partial charge on any atom is 0.123 e. The molecule has 3 heteroatoms. The fourth-order valence-corrected chi connectivity index (χ4v) is 3.29. The molecule has 0 radical (unpaired) electrons. The van der Waals surface area contributed by atoms with Gasteiger partial charge in [-0.1, -0.05) is 24.3 Å². The van der Waals surface area contributed by atoms with E-state index in [1.165, 1.54) is 12.1 Å². The molecule has 0 aliphatic rings. The van der Waals surface area contributed by atoms with Gasteiger partial charge in [-0.3, -0.25) is 0 Å². The number of aliphatic hydroxyl groups excluding tert-OH is 1. The largest absolute Gasteiger partial charge is 0.384 e. The van der Waals surface area contributed by atoms with Crippen molar-refractivity contribution in [3.63, 3.8) is 0 Å². The number of hydrogen-bond donors (Lipinski definition) is 1. The first-order valence-electron chi connectivity index (χ1n) is 6.06. The number of hydrogen-bond acceptors (Lipinski definition) is 2. The minimum Gasteiger partial charge on any atom is -0.384 e. The van der Waals surface area contributed by atoms with Crippen molar-refractivity contribution >= 4 is 21.4 Å². The van der Waals surface area contributed by atoms with Gasteiger partial charge >= 0.3 is 0 Å². The summed E-state index contributed by atoms with van der Waals surface area (Å²) in [5.74, 6) is -0.311. The number of thiophene rings is 1. The van der Waals surface area contributed by atoms with E-state index in [0.717, 1.165) is 21.2 Å². The van der Waals surface area contributed by atoms with Crippen molar-refractivity contribution in [2.24, 2.45) is 0 Å². The van der Waals surface area contributed by atoms with Crippen molar-refractivity contribution in [2.75, 3.05) is 0 Å². The van der Waals surface area contributed by atoms with Crippen LogP contribution in [0.5, 0.6) is 0 Å². The van der Waals surface area contributed by atoms with Crippen LogP contribution in [0.15, 0.2) is 47.8 Å². The molecule has 1 heterocycles. The highest BCUT2D eigenvalue weighted by Gasteiger charge is 2.16. The molecule has 0 saturated carbocycles. The highest BCUT2D eigenvalue weighted by Crippen LogP contribution is 2.33. The van der Waals surface area contributed by atoms with Crippen LogP contribution in [-0.4, -0.2) is 5.11 Å². The summed E-state index contributed by atoms with van der Waals surface area (Å²) in [4.78, 5) is 0. The molecule has 0 spiro atoms. The van der Waals surface area contributed by atoms with Crippen molar-refractivity contribution in [2.45, 2.75) is 13.0 Å². The quantitative estimate of drug-likeness (QED) is 0.731. The lowest BCUT2D eigenvalue weighted by molar-refractivity contribution is 0.221. The third-order valence-corrected chi connectivity index (χ3v) is 4.17. The SMILES string of the molecule is Cc1cc(F)cc(C(O)c2csc3ccccc23)c1. The summed E-state index contributed by atoms with van der Waals surface area (Å²) in [6.07, 6.45) is -0.787. The Labute approximate surface area is 115 Å². The molecule has 1 aromatic heterocycles. The Kier molecular flexibility index (Phi) is 3.09. The molecule has 1 nitrogen and oxygen atoms in total. The molecule has 1 N–H and O–H groups in total. The molecule has 0 bridgehead atoms. The number of aryl methyl sites for hydroxylation is 1. The summed E-state index contributed by atoms with van der Waals surface area (Å²) in [7, 11) is 0. The lowest BCUT2D eigenvalue weighted by Crippen LogP contribution is -2.00.